The van der Waals surface area contributed by atoms with Crippen LogP contribution in [0, 0.1) is 5.92 Å². The lowest BCUT2D eigenvalue weighted by atomic mass is 9.96. The minimum absolute atomic E-state index is 0.0829. The first-order valence-electron chi connectivity index (χ1n) is 11.1. The third kappa shape index (κ3) is 6.06. The van der Waals surface area contributed by atoms with E-state index in [1.54, 1.807) is 29.5 Å². The van der Waals surface area contributed by atoms with Gasteiger partial charge in [0.25, 0.3) is 5.91 Å². The van der Waals surface area contributed by atoms with Gasteiger partial charge in [-0.05, 0) is 63.7 Å². The summed E-state index contributed by atoms with van der Waals surface area (Å²) >= 11 is 1.57. The summed E-state index contributed by atoms with van der Waals surface area (Å²) in [6.45, 7) is 7.75. The highest BCUT2D eigenvalue weighted by Crippen LogP contribution is 2.24. The molecule has 0 radical (unpaired) electrons. The molecule has 4 rings (SSSR count). The van der Waals surface area contributed by atoms with E-state index in [9.17, 15) is 9.59 Å². The minimum atomic E-state index is -0.365. The molecule has 1 atom stereocenters. The monoisotopic (exact) mass is 467 g/mol. The van der Waals surface area contributed by atoms with E-state index in [1.165, 1.54) is 0 Å². The lowest BCUT2D eigenvalue weighted by molar-refractivity contribution is -0.121. The molecule has 9 heteroatoms. The first kappa shape index (κ1) is 23.1. The van der Waals surface area contributed by atoms with Crippen molar-refractivity contribution in [1.29, 1.82) is 0 Å². The maximum absolute atomic E-state index is 13.1. The number of rotatable bonds is 6. The summed E-state index contributed by atoms with van der Waals surface area (Å²) in [5.41, 5.74) is 0.621. The fourth-order valence-corrected chi connectivity index (χ4v) is 4.51. The van der Waals surface area contributed by atoms with Crippen LogP contribution in [0.3, 0.4) is 0 Å². The van der Waals surface area contributed by atoms with Gasteiger partial charge in [0, 0.05) is 12.1 Å². The molecule has 0 bridgehead atoms. The number of amides is 2. The Balaban J connectivity index is 1.38. The molecule has 2 aromatic heterocycles. The van der Waals surface area contributed by atoms with Crippen LogP contribution in [0.15, 0.2) is 46.3 Å². The van der Waals surface area contributed by atoms with Crippen LogP contribution in [0.2, 0.25) is 0 Å². The molecule has 2 N–H and O–H groups in total. The molecule has 174 valence electrons. The summed E-state index contributed by atoms with van der Waals surface area (Å²) in [5.74, 6) is 0.666. The molecule has 0 spiro atoms. The van der Waals surface area contributed by atoms with Crippen LogP contribution in [0.5, 0.6) is 0 Å². The number of nitrogens with zero attached hydrogens (tertiary/aromatic N) is 3. The molecule has 1 unspecified atom stereocenters. The largest absolute Gasteiger partial charge is 0.347 e. The molecule has 3 heterocycles. The Morgan fingerprint density at radius 2 is 2.03 bits per heavy atom. The highest BCUT2D eigenvalue weighted by molar-refractivity contribution is 7.13. The van der Waals surface area contributed by atoms with E-state index in [0.29, 0.717) is 36.1 Å². The van der Waals surface area contributed by atoms with Gasteiger partial charge in [0.05, 0.1) is 28.6 Å². The first-order chi connectivity index (χ1) is 15.8. The van der Waals surface area contributed by atoms with Gasteiger partial charge in [0.15, 0.2) is 0 Å². The van der Waals surface area contributed by atoms with Gasteiger partial charge in [-0.1, -0.05) is 23.4 Å². The second kappa shape index (κ2) is 9.84. The summed E-state index contributed by atoms with van der Waals surface area (Å²) in [7, 11) is 0. The van der Waals surface area contributed by atoms with E-state index in [-0.39, 0.29) is 23.3 Å². The molecular formula is C24H29N5O3S. The third-order valence-corrected chi connectivity index (χ3v) is 6.23. The normalized spacial score (nSPS) is 17.0. The molecule has 1 saturated heterocycles. The SMILES string of the molecule is CC(C)(C)NC(=O)c1ccccc1NC(=O)C1CCCN(Cc2nc(-c3cccs3)no2)C1. The van der Waals surface area contributed by atoms with Crippen molar-refractivity contribution < 1.29 is 14.1 Å². The zero-order valence-corrected chi connectivity index (χ0v) is 19.9. The van der Waals surface area contributed by atoms with Crippen molar-refractivity contribution in [2.45, 2.75) is 45.7 Å². The summed E-state index contributed by atoms with van der Waals surface area (Å²) < 4.78 is 5.42. The van der Waals surface area contributed by atoms with Gasteiger partial charge in [-0.2, -0.15) is 4.98 Å². The third-order valence-electron chi connectivity index (χ3n) is 5.36. The number of likely N-dealkylation sites (tertiary alicyclic amines) is 1. The lowest BCUT2D eigenvalue weighted by Gasteiger charge is -2.31. The predicted molar refractivity (Wildman–Crippen MR) is 128 cm³/mol. The Labute approximate surface area is 197 Å². The molecule has 0 aliphatic carbocycles. The Morgan fingerprint density at radius 1 is 1.21 bits per heavy atom. The molecule has 1 fully saturated rings. The fraction of sp³-hybridized carbons (Fsp3) is 0.417. The van der Waals surface area contributed by atoms with Gasteiger partial charge in [0.1, 0.15) is 0 Å². The van der Waals surface area contributed by atoms with E-state index in [2.05, 4.69) is 25.7 Å². The number of para-hydroxylation sites is 1. The number of hydrogen-bond donors (Lipinski definition) is 2. The summed E-state index contributed by atoms with van der Waals surface area (Å²) in [6.07, 6.45) is 1.69. The Hall–Kier alpha value is -3.04. The predicted octanol–water partition coefficient (Wildman–Crippen LogP) is 4.18. The number of piperidine rings is 1. The zero-order chi connectivity index (χ0) is 23.4. The van der Waals surface area contributed by atoms with Crippen LogP contribution in [0.1, 0.15) is 49.9 Å². The number of anilines is 1. The van der Waals surface area contributed by atoms with Crippen LogP contribution in [-0.4, -0.2) is 45.5 Å². The number of nitrogens with one attached hydrogen (secondary N) is 2. The van der Waals surface area contributed by atoms with Crippen LogP contribution in [0.4, 0.5) is 5.69 Å². The van der Waals surface area contributed by atoms with Gasteiger partial charge in [-0.15, -0.1) is 11.3 Å². The number of carbonyl (C=O) groups is 2. The molecular weight excluding hydrogens is 438 g/mol. The van der Waals surface area contributed by atoms with Crippen molar-refractivity contribution in [3.8, 4) is 10.7 Å². The quantitative estimate of drug-likeness (QED) is 0.564. The van der Waals surface area contributed by atoms with Gasteiger partial charge in [0.2, 0.25) is 17.6 Å². The van der Waals surface area contributed by atoms with E-state index in [0.717, 1.165) is 24.3 Å². The van der Waals surface area contributed by atoms with Crippen LogP contribution in [0.25, 0.3) is 10.7 Å². The minimum Gasteiger partial charge on any atom is -0.347 e. The lowest BCUT2D eigenvalue weighted by Crippen LogP contribution is -2.42. The molecule has 0 saturated carbocycles. The van der Waals surface area contributed by atoms with Crippen molar-refractivity contribution in [3.05, 3.63) is 53.2 Å². The van der Waals surface area contributed by atoms with Crippen molar-refractivity contribution in [2.75, 3.05) is 18.4 Å². The van der Waals surface area contributed by atoms with Gasteiger partial charge < -0.3 is 15.2 Å². The molecule has 1 aromatic carbocycles. The maximum Gasteiger partial charge on any atom is 0.253 e. The van der Waals surface area contributed by atoms with E-state index < -0.39 is 0 Å². The second-order valence-corrected chi connectivity index (χ2v) is 10.2. The molecule has 8 nitrogen and oxygen atoms in total. The van der Waals surface area contributed by atoms with Crippen molar-refractivity contribution in [3.63, 3.8) is 0 Å². The van der Waals surface area contributed by atoms with E-state index in [1.807, 2.05) is 44.4 Å². The maximum atomic E-state index is 13.1. The topological polar surface area (TPSA) is 100 Å². The summed E-state index contributed by atoms with van der Waals surface area (Å²) in [6, 6.07) is 11.0. The Kier molecular flexibility index (Phi) is 6.90. The van der Waals surface area contributed by atoms with E-state index in [4.69, 9.17) is 4.52 Å². The zero-order valence-electron chi connectivity index (χ0n) is 19.1. The van der Waals surface area contributed by atoms with Crippen molar-refractivity contribution in [2.24, 2.45) is 5.92 Å². The second-order valence-electron chi connectivity index (χ2n) is 9.30. The summed E-state index contributed by atoms with van der Waals surface area (Å²) in [4.78, 5) is 33.4. The highest BCUT2D eigenvalue weighted by atomic mass is 32.1. The van der Waals surface area contributed by atoms with Crippen LogP contribution >= 0.6 is 11.3 Å². The fourth-order valence-electron chi connectivity index (χ4n) is 3.86. The molecule has 33 heavy (non-hydrogen) atoms. The first-order valence-corrected chi connectivity index (χ1v) is 12.0. The standard InChI is InChI=1S/C24H29N5O3S/c1-24(2,3)27-23(31)17-9-4-5-10-18(17)25-22(30)16-8-6-12-29(14-16)15-20-26-21(28-32-20)19-11-7-13-33-19/h4-5,7,9-11,13,16H,6,8,12,14-15H2,1-3H3,(H,25,30)(H,27,31). The van der Waals surface area contributed by atoms with E-state index >= 15 is 0 Å². The number of aromatic nitrogens is 2. The Morgan fingerprint density at radius 3 is 2.79 bits per heavy atom. The van der Waals surface area contributed by atoms with Gasteiger partial charge in [-0.25, -0.2) is 0 Å². The molecule has 1 aliphatic rings. The summed E-state index contributed by atoms with van der Waals surface area (Å²) in [5, 5.41) is 12.0. The highest BCUT2D eigenvalue weighted by Gasteiger charge is 2.28. The average molecular weight is 468 g/mol. The molecule has 1 aliphatic heterocycles. The molecule has 3 aromatic rings. The molecule has 2 amide bonds. The Bertz CT molecular complexity index is 1100. The van der Waals surface area contributed by atoms with Crippen LogP contribution < -0.4 is 10.6 Å². The smallest absolute Gasteiger partial charge is 0.253 e. The number of benzene rings is 1. The van der Waals surface area contributed by atoms with Gasteiger partial charge in [-0.3, -0.25) is 14.5 Å². The van der Waals surface area contributed by atoms with Crippen molar-refractivity contribution >= 4 is 28.8 Å². The number of hydrogen-bond acceptors (Lipinski definition) is 7. The van der Waals surface area contributed by atoms with Gasteiger partial charge >= 0.3 is 0 Å². The number of carbonyl (C=O) groups excluding carboxylic acids is 2. The van der Waals surface area contributed by atoms with Crippen molar-refractivity contribution in [1.82, 2.24) is 20.4 Å². The van der Waals surface area contributed by atoms with Crippen LogP contribution in [-0.2, 0) is 11.3 Å². The number of thiophene rings is 1. The average Bonchev–Trinajstić information content (AvgIpc) is 3.45.